The van der Waals surface area contributed by atoms with E-state index in [1.165, 1.54) is 5.56 Å². The Balaban J connectivity index is 0.000000980. The zero-order chi connectivity index (χ0) is 9.10. The van der Waals surface area contributed by atoms with E-state index in [-0.39, 0.29) is 12.4 Å². The van der Waals surface area contributed by atoms with Gasteiger partial charge in [0.15, 0.2) is 6.29 Å². The zero-order valence-corrected chi connectivity index (χ0v) is 8.59. The van der Waals surface area contributed by atoms with E-state index >= 15 is 0 Å². The van der Waals surface area contributed by atoms with Gasteiger partial charge in [-0.3, -0.25) is 9.78 Å². The third kappa shape index (κ3) is 2.30. The Labute approximate surface area is 89.3 Å². The summed E-state index contributed by atoms with van der Waals surface area (Å²) in [6.45, 7) is 2.09. The number of rotatable bonds is 2. The molecule has 1 fully saturated rings. The monoisotopic (exact) mass is 212 g/mol. The predicted octanol–water partition coefficient (Wildman–Crippen LogP) is 1.39. The van der Waals surface area contributed by atoms with E-state index in [0.29, 0.717) is 11.6 Å². The number of carbonyl (C=O) groups is 1. The molecule has 1 unspecified atom stereocenters. The van der Waals surface area contributed by atoms with E-state index in [4.69, 9.17) is 0 Å². The molecule has 0 radical (unpaired) electrons. The summed E-state index contributed by atoms with van der Waals surface area (Å²) in [5.74, 6) is 0.557. The lowest BCUT2D eigenvalue weighted by molar-refractivity contribution is 0.111. The number of nitrogens with zero attached hydrogens (tertiary/aromatic N) is 1. The maximum absolute atomic E-state index is 10.5. The van der Waals surface area contributed by atoms with Crippen molar-refractivity contribution in [1.29, 1.82) is 0 Å². The van der Waals surface area contributed by atoms with Crippen molar-refractivity contribution in [3.63, 3.8) is 0 Å². The fourth-order valence-corrected chi connectivity index (χ4v) is 1.72. The van der Waals surface area contributed by atoms with Gasteiger partial charge in [0.1, 0.15) is 5.69 Å². The maximum Gasteiger partial charge on any atom is 0.168 e. The first-order valence-electron chi connectivity index (χ1n) is 4.52. The number of hydrogen-bond donors (Lipinski definition) is 1. The van der Waals surface area contributed by atoms with Crippen molar-refractivity contribution in [2.75, 3.05) is 13.1 Å². The molecule has 4 heteroatoms. The highest BCUT2D eigenvalue weighted by Crippen LogP contribution is 2.21. The minimum Gasteiger partial charge on any atom is -0.316 e. The van der Waals surface area contributed by atoms with Gasteiger partial charge < -0.3 is 5.32 Å². The van der Waals surface area contributed by atoms with E-state index < -0.39 is 0 Å². The third-order valence-electron chi connectivity index (χ3n) is 2.46. The Kier molecular flexibility index (Phi) is 4.04. The van der Waals surface area contributed by atoms with Crippen LogP contribution in [0.5, 0.6) is 0 Å². The van der Waals surface area contributed by atoms with Crippen LogP contribution >= 0.6 is 12.4 Å². The fraction of sp³-hybridized carbons (Fsp3) is 0.400. The highest BCUT2D eigenvalue weighted by atomic mass is 35.5. The van der Waals surface area contributed by atoms with Crippen LogP contribution in [0, 0.1) is 0 Å². The van der Waals surface area contributed by atoms with E-state index in [1.807, 2.05) is 12.1 Å². The highest BCUT2D eigenvalue weighted by Gasteiger charge is 2.16. The van der Waals surface area contributed by atoms with E-state index in [9.17, 15) is 4.79 Å². The van der Waals surface area contributed by atoms with Crippen LogP contribution in [0.2, 0.25) is 0 Å². The topological polar surface area (TPSA) is 42.0 Å². The number of aldehydes is 1. The number of aromatic nitrogens is 1. The average Bonchev–Trinajstić information content (AvgIpc) is 2.71. The Morgan fingerprint density at radius 2 is 2.43 bits per heavy atom. The first kappa shape index (κ1) is 11.1. The summed E-state index contributed by atoms with van der Waals surface area (Å²) in [5.41, 5.74) is 1.76. The molecular weight excluding hydrogens is 200 g/mol. The number of nitrogens with one attached hydrogen (secondary N) is 1. The van der Waals surface area contributed by atoms with Crippen LogP contribution in [0.25, 0.3) is 0 Å². The SMILES string of the molecule is Cl.O=Cc1cc(C2CCNC2)ccn1. The zero-order valence-electron chi connectivity index (χ0n) is 7.77. The van der Waals surface area contributed by atoms with Gasteiger partial charge in [0, 0.05) is 12.7 Å². The van der Waals surface area contributed by atoms with E-state index in [1.54, 1.807) is 6.20 Å². The second-order valence-electron chi connectivity index (χ2n) is 3.32. The largest absolute Gasteiger partial charge is 0.316 e. The molecule has 1 saturated heterocycles. The Hall–Kier alpha value is -0.930. The van der Waals surface area contributed by atoms with Gasteiger partial charge in [-0.05, 0) is 36.6 Å². The van der Waals surface area contributed by atoms with Gasteiger partial charge in [-0.25, -0.2) is 0 Å². The molecule has 0 aliphatic carbocycles. The van der Waals surface area contributed by atoms with Crippen LogP contribution in [0.4, 0.5) is 0 Å². The fourth-order valence-electron chi connectivity index (χ4n) is 1.72. The normalized spacial score (nSPS) is 20.1. The van der Waals surface area contributed by atoms with Gasteiger partial charge in [-0.15, -0.1) is 12.4 Å². The van der Waals surface area contributed by atoms with E-state index in [2.05, 4.69) is 10.3 Å². The van der Waals surface area contributed by atoms with Crippen LogP contribution in [-0.4, -0.2) is 24.4 Å². The van der Waals surface area contributed by atoms with Gasteiger partial charge in [0.25, 0.3) is 0 Å². The molecule has 1 aliphatic heterocycles. The lowest BCUT2D eigenvalue weighted by Crippen LogP contribution is -2.08. The lowest BCUT2D eigenvalue weighted by atomic mass is 9.99. The van der Waals surface area contributed by atoms with Gasteiger partial charge in [0.2, 0.25) is 0 Å². The van der Waals surface area contributed by atoms with E-state index in [0.717, 1.165) is 25.8 Å². The van der Waals surface area contributed by atoms with Gasteiger partial charge >= 0.3 is 0 Å². The molecule has 0 aromatic carbocycles. The summed E-state index contributed by atoms with van der Waals surface area (Å²) in [7, 11) is 0. The standard InChI is InChI=1S/C10H12N2O.ClH/c13-7-10-5-8(2-4-12-10)9-1-3-11-6-9;/h2,4-5,7,9,11H,1,3,6H2;1H. The second kappa shape index (κ2) is 5.08. The van der Waals surface area contributed by atoms with Crippen LogP contribution in [0.1, 0.15) is 28.4 Å². The Morgan fingerprint density at radius 3 is 3.07 bits per heavy atom. The Morgan fingerprint density at radius 1 is 1.57 bits per heavy atom. The second-order valence-corrected chi connectivity index (χ2v) is 3.32. The molecule has 0 spiro atoms. The van der Waals surface area contributed by atoms with Gasteiger partial charge in [0.05, 0.1) is 0 Å². The van der Waals surface area contributed by atoms with Crippen molar-refractivity contribution < 1.29 is 4.79 Å². The van der Waals surface area contributed by atoms with Crippen molar-refractivity contribution in [1.82, 2.24) is 10.3 Å². The number of halogens is 1. The molecule has 2 rings (SSSR count). The first-order valence-corrected chi connectivity index (χ1v) is 4.52. The molecular formula is C10H13ClN2O. The van der Waals surface area contributed by atoms with Gasteiger partial charge in [-0.1, -0.05) is 0 Å². The summed E-state index contributed by atoms with van der Waals surface area (Å²) in [6, 6.07) is 3.87. The van der Waals surface area contributed by atoms with Crippen LogP contribution < -0.4 is 5.32 Å². The molecule has 76 valence electrons. The highest BCUT2D eigenvalue weighted by molar-refractivity contribution is 5.85. The molecule has 1 aliphatic rings. The Bertz CT molecular complexity index is 311. The van der Waals surface area contributed by atoms with Crippen molar-refractivity contribution in [2.45, 2.75) is 12.3 Å². The van der Waals surface area contributed by atoms with Crippen molar-refractivity contribution in [3.05, 3.63) is 29.6 Å². The molecule has 0 bridgehead atoms. The number of hydrogen-bond acceptors (Lipinski definition) is 3. The molecule has 2 heterocycles. The molecule has 1 atom stereocenters. The lowest BCUT2D eigenvalue weighted by Gasteiger charge is -2.07. The number of pyridine rings is 1. The molecule has 1 aromatic heterocycles. The first-order chi connectivity index (χ1) is 6.40. The van der Waals surface area contributed by atoms with Crippen LogP contribution in [0.15, 0.2) is 18.3 Å². The molecule has 3 nitrogen and oxygen atoms in total. The minimum absolute atomic E-state index is 0. The van der Waals surface area contributed by atoms with Crippen LogP contribution in [-0.2, 0) is 0 Å². The van der Waals surface area contributed by atoms with Crippen LogP contribution in [0.3, 0.4) is 0 Å². The van der Waals surface area contributed by atoms with Crippen molar-refractivity contribution >= 4 is 18.7 Å². The summed E-state index contributed by atoms with van der Waals surface area (Å²) < 4.78 is 0. The maximum atomic E-state index is 10.5. The van der Waals surface area contributed by atoms with Gasteiger partial charge in [-0.2, -0.15) is 0 Å². The summed E-state index contributed by atoms with van der Waals surface area (Å²) in [5, 5.41) is 3.30. The molecule has 0 saturated carbocycles. The molecule has 14 heavy (non-hydrogen) atoms. The molecule has 1 N–H and O–H groups in total. The van der Waals surface area contributed by atoms with Crippen molar-refractivity contribution in [2.24, 2.45) is 0 Å². The molecule has 1 aromatic rings. The summed E-state index contributed by atoms with van der Waals surface area (Å²) >= 11 is 0. The number of carbonyl (C=O) groups excluding carboxylic acids is 1. The quantitative estimate of drug-likeness (QED) is 0.754. The summed E-state index contributed by atoms with van der Waals surface area (Å²) in [4.78, 5) is 14.4. The summed E-state index contributed by atoms with van der Waals surface area (Å²) in [6.07, 6.45) is 3.66. The molecule has 0 amide bonds. The smallest absolute Gasteiger partial charge is 0.168 e. The average molecular weight is 213 g/mol. The minimum atomic E-state index is 0. The van der Waals surface area contributed by atoms with Crippen molar-refractivity contribution in [3.8, 4) is 0 Å². The predicted molar refractivity (Wildman–Crippen MR) is 57.1 cm³/mol. The third-order valence-corrected chi connectivity index (χ3v) is 2.46.